The standard InChI is InChI=1S/C20H22F2N2OS/c21-16-6-5-15(10-17(16)22)24-8-7-13(12-24)11-23-20(25)19-9-14-3-1-2-4-18(14)26-19/h5-6,9-10,13H,1-4,7-8,11-12H2,(H,23,25). The van der Waals surface area contributed by atoms with Crippen LogP contribution in [-0.2, 0) is 12.8 Å². The van der Waals surface area contributed by atoms with Crippen LogP contribution in [0.2, 0.25) is 0 Å². The number of benzene rings is 1. The van der Waals surface area contributed by atoms with Crippen molar-refractivity contribution in [3.05, 3.63) is 51.2 Å². The third-order valence-corrected chi connectivity index (χ3v) is 6.56. The summed E-state index contributed by atoms with van der Waals surface area (Å²) in [4.78, 5) is 16.7. The monoisotopic (exact) mass is 376 g/mol. The van der Waals surface area contributed by atoms with E-state index in [1.165, 1.54) is 35.4 Å². The first-order valence-electron chi connectivity index (χ1n) is 9.20. The molecule has 1 aliphatic carbocycles. The Kier molecular flexibility index (Phi) is 4.94. The number of rotatable bonds is 4. The second kappa shape index (κ2) is 7.35. The van der Waals surface area contributed by atoms with E-state index in [0.717, 1.165) is 37.2 Å². The molecule has 1 fully saturated rings. The summed E-state index contributed by atoms with van der Waals surface area (Å²) in [6.45, 7) is 2.15. The van der Waals surface area contributed by atoms with Crippen molar-refractivity contribution >= 4 is 22.9 Å². The Morgan fingerprint density at radius 3 is 2.85 bits per heavy atom. The second-order valence-corrected chi connectivity index (χ2v) is 8.31. The summed E-state index contributed by atoms with van der Waals surface area (Å²) in [6.07, 6.45) is 5.55. The number of hydrogen-bond donors (Lipinski definition) is 1. The van der Waals surface area contributed by atoms with Crippen molar-refractivity contribution in [2.45, 2.75) is 32.1 Å². The van der Waals surface area contributed by atoms with Crippen molar-refractivity contribution < 1.29 is 13.6 Å². The number of thiophene rings is 1. The fourth-order valence-electron chi connectivity index (χ4n) is 3.84. The summed E-state index contributed by atoms with van der Waals surface area (Å²) < 4.78 is 26.5. The predicted molar refractivity (Wildman–Crippen MR) is 100.0 cm³/mol. The van der Waals surface area contributed by atoms with Gasteiger partial charge in [0.05, 0.1) is 4.88 Å². The van der Waals surface area contributed by atoms with Crippen LogP contribution in [-0.4, -0.2) is 25.5 Å². The first kappa shape index (κ1) is 17.5. The van der Waals surface area contributed by atoms with Crippen LogP contribution in [0.1, 0.15) is 39.4 Å². The van der Waals surface area contributed by atoms with E-state index in [9.17, 15) is 13.6 Å². The van der Waals surface area contributed by atoms with Crippen LogP contribution in [0.25, 0.3) is 0 Å². The molecule has 2 heterocycles. The highest BCUT2D eigenvalue weighted by molar-refractivity contribution is 7.14. The van der Waals surface area contributed by atoms with Gasteiger partial charge in [0.2, 0.25) is 0 Å². The maximum Gasteiger partial charge on any atom is 0.261 e. The molecule has 26 heavy (non-hydrogen) atoms. The Bertz CT molecular complexity index is 797. The molecule has 1 aliphatic heterocycles. The number of anilines is 1. The molecule has 138 valence electrons. The fraction of sp³-hybridized carbons (Fsp3) is 0.450. The molecule has 0 spiro atoms. The van der Waals surface area contributed by atoms with E-state index in [0.29, 0.717) is 18.2 Å². The first-order chi connectivity index (χ1) is 12.6. The van der Waals surface area contributed by atoms with Crippen molar-refractivity contribution in [1.82, 2.24) is 5.32 Å². The van der Waals surface area contributed by atoms with Gasteiger partial charge < -0.3 is 10.2 Å². The number of nitrogens with zero attached hydrogens (tertiary/aromatic N) is 1. The molecular weight excluding hydrogens is 354 g/mol. The van der Waals surface area contributed by atoms with Gasteiger partial charge in [0, 0.05) is 36.3 Å². The first-order valence-corrected chi connectivity index (χ1v) is 10.0. The van der Waals surface area contributed by atoms with E-state index in [2.05, 4.69) is 11.4 Å². The van der Waals surface area contributed by atoms with Gasteiger partial charge in [-0.2, -0.15) is 0 Å². The zero-order valence-electron chi connectivity index (χ0n) is 14.6. The SMILES string of the molecule is O=C(NCC1CCN(c2ccc(F)c(F)c2)C1)c1cc2c(s1)CCCC2. The maximum absolute atomic E-state index is 13.4. The average molecular weight is 376 g/mol. The molecule has 0 bridgehead atoms. The molecule has 1 aromatic heterocycles. The van der Waals surface area contributed by atoms with Crippen molar-refractivity contribution in [2.24, 2.45) is 5.92 Å². The zero-order chi connectivity index (χ0) is 18.1. The normalized spacial score (nSPS) is 19.5. The van der Waals surface area contributed by atoms with E-state index >= 15 is 0 Å². The van der Waals surface area contributed by atoms with E-state index < -0.39 is 11.6 Å². The summed E-state index contributed by atoms with van der Waals surface area (Å²) in [5, 5.41) is 3.05. The van der Waals surface area contributed by atoms with Crippen LogP contribution < -0.4 is 10.2 Å². The predicted octanol–water partition coefficient (Wildman–Crippen LogP) is 4.16. The van der Waals surface area contributed by atoms with Gasteiger partial charge in [0.25, 0.3) is 5.91 Å². The van der Waals surface area contributed by atoms with Gasteiger partial charge in [0.1, 0.15) is 0 Å². The van der Waals surface area contributed by atoms with Crippen LogP contribution in [0.3, 0.4) is 0 Å². The Labute approximate surface area is 156 Å². The van der Waals surface area contributed by atoms with E-state index in [4.69, 9.17) is 0 Å². The number of aryl methyl sites for hydroxylation is 2. The van der Waals surface area contributed by atoms with Gasteiger partial charge in [-0.3, -0.25) is 4.79 Å². The third-order valence-electron chi connectivity index (χ3n) is 5.33. The van der Waals surface area contributed by atoms with Crippen molar-refractivity contribution in [1.29, 1.82) is 0 Å². The van der Waals surface area contributed by atoms with Gasteiger partial charge in [-0.25, -0.2) is 8.78 Å². The third kappa shape index (κ3) is 3.61. The maximum atomic E-state index is 13.4. The van der Waals surface area contributed by atoms with Gasteiger partial charge >= 0.3 is 0 Å². The highest BCUT2D eigenvalue weighted by Crippen LogP contribution is 2.30. The van der Waals surface area contributed by atoms with E-state index in [1.807, 2.05) is 4.90 Å². The van der Waals surface area contributed by atoms with Gasteiger partial charge in [-0.15, -0.1) is 11.3 Å². The number of carbonyl (C=O) groups excluding carboxylic acids is 1. The molecule has 0 saturated carbocycles. The number of halogens is 2. The number of fused-ring (bicyclic) bond motifs is 1. The Morgan fingerprint density at radius 2 is 2.04 bits per heavy atom. The lowest BCUT2D eigenvalue weighted by molar-refractivity contribution is 0.0952. The molecule has 2 aliphatic rings. The molecule has 1 amide bonds. The summed E-state index contributed by atoms with van der Waals surface area (Å²) in [5.74, 6) is -1.31. The van der Waals surface area contributed by atoms with Gasteiger partial charge in [-0.05, 0) is 61.8 Å². The topological polar surface area (TPSA) is 32.3 Å². The van der Waals surface area contributed by atoms with E-state index in [-0.39, 0.29) is 5.91 Å². The minimum atomic E-state index is -0.824. The number of hydrogen-bond acceptors (Lipinski definition) is 3. The lowest BCUT2D eigenvalue weighted by Gasteiger charge is -2.19. The summed E-state index contributed by atoms with van der Waals surface area (Å²) in [5.41, 5.74) is 2.04. The van der Waals surface area contributed by atoms with Gasteiger partial charge in [0.15, 0.2) is 11.6 Å². The van der Waals surface area contributed by atoms with Crippen LogP contribution in [0.5, 0.6) is 0 Å². The van der Waals surface area contributed by atoms with Crippen LogP contribution in [0.4, 0.5) is 14.5 Å². The largest absolute Gasteiger partial charge is 0.371 e. The molecule has 0 radical (unpaired) electrons. The molecule has 1 unspecified atom stereocenters. The number of carbonyl (C=O) groups is 1. The molecule has 6 heteroatoms. The molecule has 1 N–H and O–H groups in total. The molecule has 1 aromatic carbocycles. The second-order valence-electron chi connectivity index (χ2n) is 7.18. The highest BCUT2D eigenvalue weighted by Gasteiger charge is 2.24. The molecule has 1 saturated heterocycles. The molecular formula is C20H22F2N2OS. The lowest BCUT2D eigenvalue weighted by atomic mass is 9.99. The quantitative estimate of drug-likeness (QED) is 0.869. The van der Waals surface area contributed by atoms with Crippen molar-refractivity contribution in [3.63, 3.8) is 0 Å². The van der Waals surface area contributed by atoms with Crippen LogP contribution >= 0.6 is 11.3 Å². The zero-order valence-corrected chi connectivity index (χ0v) is 15.4. The highest BCUT2D eigenvalue weighted by atomic mass is 32.1. The number of amides is 1. The lowest BCUT2D eigenvalue weighted by Crippen LogP contribution is -2.30. The number of nitrogens with one attached hydrogen (secondary N) is 1. The Morgan fingerprint density at radius 1 is 1.19 bits per heavy atom. The smallest absolute Gasteiger partial charge is 0.261 e. The van der Waals surface area contributed by atoms with Gasteiger partial charge in [-0.1, -0.05) is 0 Å². The van der Waals surface area contributed by atoms with E-state index in [1.54, 1.807) is 17.4 Å². The Hall–Kier alpha value is -1.95. The van der Waals surface area contributed by atoms with Crippen molar-refractivity contribution in [3.8, 4) is 0 Å². The molecule has 1 atom stereocenters. The van der Waals surface area contributed by atoms with Crippen LogP contribution in [0.15, 0.2) is 24.3 Å². The molecule has 2 aromatic rings. The van der Waals surface area contributed by atoms with Crippen LogP contribution in [0, 0.1) is 17.6 Å². The summed E-state index contributed by atoms with van der Waals surface area (Å²) in [7, 11) is 0. The molecule has 4 rings (SSSR count). The summed E-state index contributed by atoms with van der Waals surface area (Å²) >= 11 is 1.63. The fourth-order valence-corrected chi connectivity index (χ4v) is 5.01. The average Bonchev–Trinajstić information content (AvgIpc) is 3.28. The minimum Gasteiger partial charge on any atom is -0.371 e. The van der Waals surface area contributed by atoms with Crippen molar-refractivity contribution in [2.75, 3.05) is 24.5 Å². The summed E-state index contributed by atoms with van der Waals surface area (Å²) in [6, 6.07) is 6.07. The molecule has 3 nitrogen and oxygen atoms in total. The minimum absolute atomic E-state index is 0.00989. The Balaban J connectivity index is 1.32.